The number of nitrogens with two attached hydrogens (primary N) is 1. The third-order valence-corrected chi connectivity index (χ3v) is 4.44. The molecule has 0 unspecified atom stereocenters. The predicted octanol–water partition coefficient (Wildman–Crippen LogP) is 4.08. The molecule has 116 valence electrons. The van der Waals surface area contributed by atoms with Gasteiger partial charge in [0.2, 0.25) is 5.71 Å². The monoisotopic (exact) mass is 369 g/mol. The molecule has 4 nitrogen and oxygen atoms in total. The molecule has 2 aromatic carbocycles. The van der Waals surface area contributed by atoms with Crippen molar-refractivity contribution in [1.82, 2.24) is 4.98 Å². The molecule has 5 heteroatoms. The summed E-state index contributed by atoms with van der Waals surface area (Å²) in [5, 5.41) is 4.13. The van der Waals surface area contributed by atoms with Crippen molar-refractivity contribution >= 4 is 48.9 Å². The molecule has 3 N–H and O–H groups in total. The molecule has 0 radical (unpaired) electrons. The summed E-state index contributed by atoms with van der Waals surface area (Å²) in [6.45, 7) is 1.34. The van der Waals surface area contributed by atoms with Crippen molar-refractivity contribution in [2.24, 2.45) is 10.7 Å². The van der Waals surface area contributed by atoms with Gasteiger partial charge in [-0.3, -0.25) is 4.99 Å². The first-order valence-corrected chi connectivity index (χ1v) is 8.40. The fraction of sp³-hybridized carbons (Fsp3) is 0.167. The topological polar surface area (TPSA) is 67.3 Å². The molecule has 2 heterocycles. The maximum atomic E-state index is 6.07. The lowest BCUT2D eigenvalue weighted by atomic mass is 10.1. The van der Waals surface area contributed by atoms with Gasteiger partial charge in [0.15, 0.2) is 0 Å². The molecule has 0 aliphatic rings. The lowest BCUT2D eigenvalue weighted by molar-refractivity contribution is 0.647. The summed E-state index contributed by atoms with van der Waals surface area (Å²) in [6, 6.07) is 14.2. The summed E-state index contributed by atoms with van der Waals surface area (Å²) in [5.74, 6) is 0. The summed E-state index contributed by atoms with van der Waals surface area (Å²) in [5.41, 5.74) is 8.25. The van der Waals surface area contributed by atoms with Crippen molar-refractivity contribution in [1.29, 1.82) is 0 Å². The number of aromatic amines is 1. The predicted molar refractivity (Wildman–Crippen MR) is 97.4 cm³/mol. The number of fused-ring (bicyclic) bond motifs is 4. The van der Waals surface area contributed by atoms with E-state index < -0.39 is 0 Å². The molecular weight excluding hydrogens is 354 g/mol. The van der Waals surface area contributed by atoms with Crippen LogP contribution in [0.4, 0.5) is 0 Å². The highest BCUT2D eigenvalue weighted by atomic mass is 79.9. The van der Waals surface area contributed by atoms with Crippen LogP contribution in [0.2, 0.25) is 0 Å². The molecule has 0 saturated carbocycles. The summed E-state index contributed by atoms with van der Waals surface area (Å²) < 4.78 is 7.08. The molecule has 0 saturated heterocycles. The van der Waals surface area contributed by atoms with Gasteiger partial charge in [0, 0.05) is 27.3 Å². The summed E-state index contributed by atoms with van der Waals surface area (Å²) in [7, 11) is 0. The fourth-order valence-corrected chi connectivity index (χ4v) is 3.26. The normalized spacial score (nSPS) is 12.7. The highest BCUT2D eigenvalue weighted by Crippen LogP contribution is 2.27. The quantitative estimate of drug-likeness (QED) is 0.534. The van der Waals surface area contributed by atoms with Crippen molar-refractivity contribution in [3.63, 3.8) is 0 Å². The third-order valence-electron chi connectivity index (χ3n) is 3.95. The fourth-order valence-electron chi connectivity index (χ4n) is 2.90. The smallest absolute Gasteiger partial charge is 0.208 e. The standard InChI is InChI=1S/C18H16BrN3O/c19-11-6-7-15-13(10-11)17(21-9-3-8-20)16-12-4-1-2-5-14(12)22-18(16)23-15/h1-2,4-7,10,22H,3,8-9,20H2. The number of H-pyrrole nitrogens is 1. The van der Waals surface area contributed by atoms with Gasteiger partial charge < -0.3 is 15.1 Å². The zero-order valence-corrected chi connectivity index (χ0v) is 14.1. The Balaban J connectivity index is 2.19. The Bertz CT molecular complexity index is 1080. The van der Waals surface area contributed by atoms with Crippen LogP contribution in [0, 0.1) is 0 Å². The van der Waals surface area contributed by atoms with E-state index in [1.54, 1.807) is 0 Å². The average Bonchev–Trinajstić information content (AvgIpc) is 2.93. The van der Waals surface area contributed by atoms with E-state index in [0.29, 0.717) is 13.1 Å². The van der Waals surface area contributed by atoms with Crippen molar-refractivity contribution in [3.05, 3.63) is 52.3 Å². The number of rotatable bonds is 3. The second-order valence-electron chi connectivity index (χ2n) is 5.49. The van der Waals surface area contributed by atoms with Gasteiger partial charge in [-0.1, -0.05) is 34.1 Å². The summed E-state index contributed by atoms with van der Waals surface area (Å²) >= 11 is 3.54. The van der Waals surface area contributed by atoms with Gasteiger partial charge in [-0.15, -0.1) is 0 Å². The zero-order valence-electron chi connectivity index (χ0n) is 12.5. The molecule has 0 bridgehead atoms. The molecule has 2 aromatic heterocycles. The van der Waals surface area contributed by atoms with Gasteiger partial charge >= 0.3 is 0 Å². The maximum absolute atomic E-state index is 6.07. The number of hydrogen-bond donors (Lipinski definition) is 2. The van der Waals surface area contributed by atoms with Gasteiger partial charge in [0.25, 0.3) is 0 Å². The van der Waals surface area contributed by atoms with Gasteiger partial charge in [-0.2, -0.15) is 0 Å². The molecule has 0 aliphatic carbocycles. The van der Waals surface area contributed by atoms with Crippen LogP contribution in [0.5, 0.6) is 0 Å². The SMILES string of the molecule is NCCCN=c1c2cc(Br)ccc2oc2[nH]c3ccccc3c12. The maximum Gasteiger partial charge on any atom is 0.208 e. The van der Waals surface area contributed by atoms with E-state index in [1.807, 2.05) is 24.3 Å². The Labute approximate surface area is 141 Å². The number of halogens is 1. The minimum absolute atomic E-state index is 0.638. The number of nitrogens with zero attached hydrogens (tertiary/aromatic N) is 1. The summed E-state index contributed by atoms with van der Waals surface area (Å²) in [6.07, 6.45) is 0.866. The van der Waals surface area contributed by atoms with Crippen molar-refractivity contribution in [2.75, 3.05) is 13.1 Å². The van der Waals surface area contributed by atoms with E-state index in [2.05, 4.69) is 39.1 Å². The van der Waals surface area contributed by atoms with E-state index in [0.717, 1.165) is 49.2 Å². The molecule has 0 spiro atoms. The zero-order chi connectivity index (χ0) is 15.8. The highest BCUT2D eigenvalue weighted by Gasteiger charge is 2.12. The molecule has 4 rings (SSSR count). The Kier molecular flexibility index (Phi) is 3.67. The Morgan fingerprint density at radius 1 is 1.13 bits per heavy atom. The number of hydrogen-bond acceptors (Lipinski definition) is 3. The van der Waals surface area contributed by atoms with Crippen LogP contribution in [0.3, 0.4) is 0 Å². The van der Waals surface area contributed by atoms with Gasteiger partial charge in [-0.25, -0.2) is 0 Å². The second kappa shape index (κ2) is 5.83. The Morgan fingerprint density at radius 3 is 2.87 bits per heavy atom. The van der Waals surface area contributed by atoms with E-state index >= 15 is 0 Å². The molecule has 0 atom stereocenters. The molecule has 0 fully saturated rings. The van der Waals surface area contributed by atoms with E-state index in [4.69, 9.17) is 15.1 Å². The Morgan fingerprint density at radius 2 is 2.00 bits per heavy atom. The van der Waals surface area contributed by atoms with Gasteiger partial charge in [-0.05, 0) is 37.2 Å². The molecule has 4 aromatic rings. The second-order valence-corrected chi connectivity index (χ2v) is 6.41. The van der Waals surface area contributed by atoms with Crippen molar-refractivity contribution < 1.29 is 4.42 Å². The number of nitrogens with one attached hydrogen (secondary N) is 1. The number of aromatic nitrogens is 1. The average molecular weight is 370 g/mol. The minimum Gasteiger partial charge on any atom is -0.440 e. The van der Waals surface area contributed by atoms with Gasteiger partial charge in [0.1, 0.15) is 5.58 Å². The molecule has 23 heavy (non-hydrogen) atoms. The highest BCUT2D eigenvalue weighted by molar-refractivity contribution is 9.10. The molecule has 0 aliphatic heterocycles. The van der Waals surface area contributed by atoms with Crippen LogP contribution in [0.25, 0.3) is 33.0 Å². The van der Waals surface area contributed by atoms with Crippen LogP contribution in [0.1, 0.15) is 6.42 Å². The third kappa shape index (κ3) is 2.46. The lowest BCUT2D eigenvalue weighted by Crippen LogP contribution is -2.08. The molecule has 0 amide bonds. The van der Waals surface area contributed by atoms with Crippen LogP contribution >= 0.6 is 15.9 Å². The first-order valence-electron chi connectivity index (χ1n) is 7.61. The van der Waals surface area contributed by atoms with Crippen LogP contribution < -0.4 is 11.1 Å². The Hall–Kier alpha value is -2.11. The largest absolute Gasteiger partial charge is 0.440 e. The van der Waals surface area contributed by atoms with Crippen molar-refractivity contribution in [3.8, 4) is 0 Å². The summed E-state index contributed by atoms with van der Waals surface area (Å²) in [4.78, 5) is 8.19. The number of para-hydroxylation sites is 1. The van der Waals surface area contributed by atoms with Gasteiger partial charge in [0.05, 0.1) is 10.7 Å². The number of benzene rings is 2. The van der Waals surface area contributed by atoms with Crippen LogP contribution in [-0.2, 0) is 0 Å². The first-order chi connectivity index (χ1) is 11.3. The van der Waals surface area contributed by atoms with E-state index in [9.17, 15) is 0 Å². The molecular formula is C18H16BrN3O. The van der Waals surface area contributed by atoms with E-state index in [1.165, 1.54) is 0 Å². The first kappa shape index (κ1) is 14.5. The lowest BCUT2D eigenvalue weighted by Gasteiger charge is -2.02. The minimum atomic E-state index is 0.638. The van der Waals surface area contributed by atoms with Crippen LogP contribution in [-0.4, -0.2) is 18.1 Å². The van der Waals surface area contributed by atoms with E-state index in [-0.39, 0.29) is 0 Å². The van der Waals surface area contributed by atoms with Crippen LogP contribution in [0.15, 0.2) is 56.3 Å². The van der Waals surface area contributed by atoms with Crippen molar-refractivity contribution in [2.45, 2.75) is 6.42 Å².